The Morgan fingerprint density at radius 3 is 2.56 bits per heavy atom. The Balaban J connectivity index is 1.43. The number of halogens is 1. The summed E-state index contributed by atoms with van der Waals surface area (Å²) in [6.45, 7) is 6.71. The highest BCUT2D eigenvalue weighted by atomic mass is 35.5. The van der Waals surface area contributed by atoms with Gasteiger partial charge in [0, 0.05) is 11.2 Å². The third kappa shape index (κ3) is 3.19. The Labute approximate surface area is 195 Å². The zero-order valence-corrected chi connectivity index (χ0v) is 20.0. The smallest absolute Gasteiger partial charge is 0.322 e. The Kier molecular flexibility index (Phi) is 4.77. The molecule has 0 radical (unpaired) electrons. The van der Waals surface area contributed by atoms with Crippen LogP contribution in [0.3, 0.4) is 0 Å². The number of carbonyl (C=O) groups is 2. The Hall–Kier alpha value is -2.01. The van der Waals surface area contributed by atoms with E-state index in [2.05, 4.69) is 44.3 Å². The van der Waals surface area contributed by atoms with E-state index in [9.17, 15) is 14.7 Å². The van der Waals surface area contributed by atoms with Crippen LogP contribution < -0.4 is 5.32 Å². The first-order valence-corrected chi connectivity index (χ1v) is 12.2. The van der Waals surface area contributed by atoms with Crippen LogP contribution in [0.4, 0.5) is 4.79 Å². The summed E-state index contributed by atoms with van der Waals surface area (Å²) in [4.78, 5) is 26.7. The minimum absolute atomic E-state index is 0.109. The first-order chi connectivity index (χ1) is 15.0. The van der Waals surface area contributed by atoms with E-state index in [0.29, 0.717) is 19.3 Å². The largest absolute Gasteiger partial charge is 0.481 e. The van der Waals surface area contributed by atoms with Crippen molar-refractivity contribution < 1.29 is 14.7 Å². The lowest BCUT2D eigenvalue weighted by Crippen LogP contribution is -2.78. The van der Waals surface area contributed by atoms with Crippen LogP contribution in [0.1, 0.15) is 83.3 Å². The van der Waals surface area contributed by atoms with Gasteiger partial charge in [-0.1, -0.05) is 50.9 Å². The van der Waals surface area contributed by atoms with E-state index in [1.165, 1.54) is 5.57 Å². The number of aliphatic carboxylic acids is 1. The number of nitrogens with one attached hydrogen (secondary N) is 1. The Morgan fingerprint density at radius 2 is 1.94 bits per heavy atom. The van der Waals surface area contributed by atoms with Crippen LogP contribution in [0.5, 0.6) is 0 Å². The maximum absolute atomic E-state index is 13.3. The fourth-order valence-electron chi connectivity index (χ4n) is 6.35. The molecule has 4 aliphatic carbocycles. The number of hydrogen-bond acceptors (Lipinski definition) is 2. The first kappa shape index (κ1) is 21.8. The van der Waals surface area contributed by atoms with Gasteiger partial charge < -0.3 is 10.4 Å². The van der Waals surface area contributed by atoms with Gasteiger partial charge in [0.05, 0.1) is 16.5 Å². The van der Waals surface area contributed by atoms with Crippen molar-refractivity contribution >= 4 is 23.6 Å². The maximum atomic E-state index is 13.3. The number of carboxylic acid groups (broad SMARTS) is 1. The molecule has 0 spiro atoms. The van der Waals surface area contributed by atoms with Gasteiger partial charge in [0.1, 0.15) is 0 Å². The number of carboxylic acids is 1. The van der Waals surface area contributed by atoms with Gasteiger partial charge in [-0.15, -0.1) is 0 Å². The van der Waals surface area contributed by atoms with E-state index < -0.39 is 16.9 Å². The minimum atomic E-state index is -0.724. The van der Waals surface area contributed by atoms with Crippen LogP contribution in [0.15, 0.2) is 30.0 Å². The molecule has 4 fully saturated rings. The summed E-state index contributed by atoms with van der Waals surface area (Å²) in [6, 6.07) is 6.21. The van der Waals surface area contributed by atoms with Crippen molar-refractivity contribution in [3.63, 3.8) is 0 Å². The monoisotopic (exact) mass is 456 g/mol. The molecule has 5 aliphatic rings. The lowest BCUT2D eigenvalue weighted by molar-refractivity contribution is -0.215. The third-order valence-electron chi connectivity index (χ3n) is 8.28. The highest BCUT2D eigenvalue weighted by Gasteiger charge is 2.75. The summed E-state index contributed by atoms with van der Waals surface area (Å²) < 4.78 is 0. The Morgan fingerprint density at radius 1 is 1.22 bits per heavy atom. The number of amides is 2. The molecule has 0 aromatic heterocycles. The molecule has 2 N–H and O–H groups in total. The van der Waals surface area contributed by atoms with Crippen molar-refractivity contribution in [3.8, 4) is 0 Å². The molecule has 1 aromatic carbocycles. The predicted molar refractivity (Wildman–Crippen MR) is 124 cm³/mol. The van der Waals surface area contributed by atoms with Crippen LogP contribution in [0.25, 0.3) is 0 Å². The molecule has 6 rings (SSSR count). The van der Waals surface area contributed by atoms with Crippen molar-refractivity contribution in [1.29, 1.82) is 0 Å². The molecule has 1 atom stereocenters. The van der Waals surface area contributed by atoms with Gasteiger partial charge in [-0.2, -0.15) is 0 Å². The normalized spacial score (nSPS) is 33.4. The van der Waals surface area contributed by atoms with E-state index in [4.69, 9.17) is 11.6 Å². The maximum Gasteiger partial charge on any atom is 0.322 e. The predicted octanol–water partition coefficient (Wildman–Crippen LogP) is 6.00. The number of nitrogens with zero attached hydrogens (tertiary/aromatic N) is 1. The second-order valence-corrected chi connectivity index (χ2v) is 12.2. The molecule has 6 heteroatoms. The molecular weight excluding hydrogens is 424 g/mol. The molecule has 1 unspecified atom stereocenters. The highest BCUT2D eigenvalue weighted by Crippen LogP contribution is 2.70. The lowest BCUT2D eigenvalue weighted by Gasteiger charge is -2.71. The fraction of sp³-hybridized carbons (Fsp3) is 0.615. The van der Waals surface area contributed by atoms with Crippen molar-refractivity contribution in [2.75, 3.05) is 0 Å². The summed E-state index contributed by atoms with van der Waals surface area (Å²) in [5.74, 6) is -0.724. The standard InChI is InChI=1S/C26H33ClN2O3/c1-23(2,3)11-9-17-7-8-18(12-20(17)27)26-10-5-4-6-19(26)13-29(22(32)28-26)25-14-24(15-25,16-25)21(30)31/h7-8,12-13H,4-6,9-11,14-16H2,1-3H3,(H,28,32)(H,30,31). The molecule has 2 bridgehead atoms. The second-order valence-electron chi connectivity index (χ2n) is 11.8. The van der Waals surface area contributed by atoms with Crippen LogP contribution in [0, 0.1) is 10.8 Å². The summed E-state index contributed by atoms with van der Waals surface area (Å²) in [5, 5.41) is 13.6. The van der Waals surface area contributed by atoms with E-state index in [1.807, 2.05) is 11.1 Å². The summed E-state index contributed by atoms with van der Waals surface area (Å²) in [6.07, 6.45) is 9.68. The van der Waals surface area contributed by atoms with E-state index in [1.54, 1.807) is 0 Å². The lowest BCUT2D eigenvalue weighted by atomic mass is 9.38. The number of rotatable bonds is 5. The molecule has 5 nitrogen and oxygen atoms in total. The summed E-state index contributed by atoms with van der Waals surface area (Å²) >= 11 is 6.73. The SMILES string of the molecule is CC(C)(C)CCc1ccc(C23CCCCC2=CN(C24CC(C(=O)O)(C2)C4)C(=O)N3)cc1Cl. The molecule has 1 aromatic rings. The quantitative estimate of drug-likeness (QED) is 0.570. The molecule has 172 valence electrons. The van der Waals surface area contributed by atoms with E-state index in [-0.39, 0.29) is 17.0 Å². The van der Waals surface area contributed by atoms with Crippen molar-refractivity contribution in [2.45, 2.75) is 89.6 Å². The number of urea groups is 1. The van der Waals surface area contributed by atoms with Crippen LogP contribution >= 0.6 is 11.6 Å². The zero-order valence-electron chi connectivity index (χ0n) is 19.3. The van der Waals surface area contributed by atoms with E-state index in [0.717, 1.165) is 54.7 Å². The minimum Gasteiger partial charge on any atom is -0.481 e. The molecule has 0 saturated heterocycles. The van der Waals surface area contributed by atoms with Crippen molar-refractivity contribution in [1.82, 2.24) is 10.2 Å². The van der Waals surface area contributed by atoms with Gasteiger partial charge in [0.2, 0.25) is 0 Å². The van der Waals surface area contributed by atoms with Gasteiger partial charge in [-0.25, -0.2) is 4.79 Å². The number of carbonyl (C=O) groups excluding carboxylic acids is 1. The third-order valence-corrected chi connectivity index (χ3v) is 8.63. The number of benzene rings is 1. The summed E-state index contributed by atoms with van der Waals surface area (Å²) in [7, 11) is 0. The van der Waals surface area contributed by atoms with Crippen LogP contribution in [-0.4, -0.2) is 27.5 Å². The molecule has 32 heavy (non-hydrogen) atoms. The van der Waals surface area contributed by atoms with Gasteiger partial charge in [0.15, 0.2) is 0 Å². The molecule has 1 aliphatic heterocycles. The van der Waals surface area contributed by atoms with Gasteiger partial charge >= 0.3 is 12.0 Å². The molecule has 2 amide bonds. The highest BCUT2D eigenvalue weighted by molar-refractivity contribution is 6.31. The van der Waals surface area contributed by atoms with Gasteiger partial charge in [0.25, 0.3) is 0 Å². The topological polar surface area (TPSA) is 69.6 Å². The van der Waals surface area contributed by atoms with Crippen molar-refractivity contribution in [3.05, 3.63) is 46.1 Å². The van der Waals surface area contributed by atoms with Gasteiger partial charge in [-0.05, 0) is 79.5 Å². The fourth-order valence-corrected chi connectivity index (χ4v) is 6.63. The Bertz CT molecular complexity index is 1000. The zero-order chi connectivity index (χ0) is 22.9. The average molecular weight is 457 g/mol. The summed E-state index contributed by atoms with van der Waals surface area (Å²) in [5.41, 5.74) is 2.26. The number of hydrogen-bond donors (Lipinski definition) is 2. The first-order valence-electron chi connectivity index (χ1n) is 11.8. The molecule has 1 heterocycles. The molecular formula is C26H33ClN2O3. The van der Waals surface area contributed by atoms with Crippen molar-refractivity contribution in [2.24, 2.45) is 10.8 Å². The van der Waals surface area contributed by atoms with E-state index >= 15 is 0 Å². The van der Waals surface area contributed by atoms with Gasteiger partial charge in [-0.3, -0.25) is 9.69 Å². The average Bonchev–Trinajstić information content (AvgIpc) is 2.64. The molecule has 4 saturated carbocycles. The second kappa shape index (κ2) is 6.99. The van der Waals surface area contributed by atoms with Crippen LogP contribution in [-0.2, 0) is 16.8 Å². The number of fused-ring (bicyclic) bond motifs is 1. The van der Waals surface area contributed by atoms with Crippen LogP contribution in [0.2, 0.25) is 5.02 Å². The number of aryl methyl sites for hydroxylation is 1.